The molecule has 1 unspecified atom stereocenters. The molecule has 1 aliphatic heterocycles. The maximum absolute atomic E-state index is 13.6. The van der Waals surface area contributed by atoms with Crippen molar-refractivity contribution in [2.24, 2.45) is 0 Å². The van der Waals surface area contributed by atoms with Gasteiger partial charge >= 0.3 is 5.97 Å². The third-order valence-corrected chi connectivity index (χ3v) is 6.33. The van der Waals surface area contributed by atoms with Gasteiger partial charge in [-0.2, -0.15) is 0 Å². The predicted molar refractivity (Wildman–Crippen MR) is 132 cm³/mol. The molecule has 1 aromatic heterocycles. The minimum atomic E-state index is -0.970. The molecule has 1 aliphatic rings. The first-order chi connectivity index (χ1) is 16.8. The Kier molecular flexibility index (Phi) is 5.74. The van der Waals surface area contributed by atoms with Crippen LogP contribution in [0.25, 0.3) is 11.0 Å². The van der Waals surface area contributed by atoms with E-state index in [-0.39, 0.29) is 17.8 Å². The second-order valence-corrected chi connectivity index (χ2v) is 9.03. The minimum absolute atomic E-state index is 0.00652. The SMILES string of the molecule is O=C(O)Cc1ccc(N2C(=O)C(O)=C(C(=O)c3cc4cc(Br)ccc4o3)C2c2ccccc2)cc1. The number of aliphatic hydroxyl groups excluding tert-OH is 1. The van der Waals surface area contributed by atoms with Crippen LogP contribution in [-0.4, -0.2) is 27.9 Å². The lowest BCUT2D eigenvalue weighted by Gasteiger charge is -2.27. The smallest absolute Gasteiger partial charge is 0.307 e. The summed E-state index contributed by atoms with van der Waals surface area (Å²) in [7, 11) is 0. The lowest BCUT2D eigenvalue weighted by Crippen LogP contribution is -2.31. The second kappa shape index (κ2) is 8.88. The molecular formula is C27H18BrNO6. The Balaban J connectivity index is 1.59. The molecule has 8 heteroatoms. The zero-order valence-corrected chi connectivity index (χ0v) is 19.7. The quantitative estimate of drug-likeness (QED) is 0.313. The van der Waals surface area contributed by atoms with Gasteiger partial charge in [-0.3, -0.25) is 19.3 Å². The maximum atomic E-state index is 13.6. The van der Waals surface area contributed by atoms with Crippen LogP contribution in [0.4, 0.5) is 5.69 Å². The summed E-state index contributed by atoms with van der Waals surface area (Å²) in [5.41, 5.74) is 2.02. The van der Waals surface area contributed by atoms with Crippen molar-refractivity contribution in [2.45, 2.75) is 12.5 Å². The summed E-state index contributed by atoms with van der Waals surface area (Å²) >= 11 is 3.39. The highest BCUT2D eigenvalue weighted by Crippen LogP contribution is 2.42. The standard InChI is InChI=1S/C27H18BrNO6/c28-18-8-11-20-17(13-18)14-21(35-20)25(32)23-24(16-4-2-1-3-5-16)29(27(34)26(23)33)19-9-6-15(7-10-19)12-22(30)31/h1-11,13-14,24,33H,12H2,(H,30,31). The van der Waals surface area contributed by atoms with Crippen LogP contribution in [0, 0.1) is 0 Å². The van der Waals surface area contributed by atoms with Crippen LogP contribution in [0.1, 0.15) is 27.7 Å². The van der Waals surface area contributed by atoms with Gasteiger partial charge in [0.05, 0.1) is 18.0 Å². The molecule has 3 aromatic carbocycles. The first kappa shape index (κ1) is 22.6. The van der Waals surface area contributed by atoms with Gasteiger partial charge in [-0.25, -0.2) is 0 Å². The molecule has 35 heavy (non-hydrogen) atoms. The molecule has 0 aliphatic carbocycles. The van der Waals surface area contributed by atoms with Gasteiger partial charge in [0.1, 0.15) is 5.58 Å². The van der Waals surface area contributed by atoms with Crippen molar-refractivity contribution in [1.29, 1.82) is 0 Å². The summed E-state index contributed by atoms with van der Waals surface area (Å²) in [5, 5.41) is 20.6. The van der Waals surface area contributed by atoms with Gasteiger partial charge < -0.3 is 14.6 Å². The van der Waals surface area contributed by atoms with Crippen LogP contribution in [-0.2, 0) is 16.0 Å². The Morgan fingerprint density at radius 2 is 1.69 bits per heavy atom. The topological polar surface area (TPSA) is 108 Å². The summed E-state index contributed by atoms with van der Waals surface area (Å²) in [5.74, 6) is -2.94. The molecule has 174 valence electrons. The van der Waals surface area contributed by atoms with Gasteiger partial charge in [-0.15, -0.1) is 0 Å². The molecule has 2 heterocycles. The fourth-order valence-corrected chi connectivity index (χ4v) is 4.64. The van der Waals surface area contributed by atoms with E-state index in [2.05, 4.69) is 15.9 Å². The number of furan rings is 1. The molecule has 5 rings (SSSR count). The second-order valence-electron chi connectivity index (χ2n) is 8.11. The summed E-state index contributed by atoms with van der Waals surface area (Å²) in [4.78, 5) is 39.2. The number of carbonyl (C=O) groups excluding carboxylic acids is 2. The van der Waals surface area contributed by atoms with Crippen molar-refractivity contribution in [3.63, 3.8) is 0 Å². The normalized spacial score (nSPS) is 15.7. The van der Waals surface area contributed by atoms with E-state index in [0.717, 1.165) is 4.47 Å². The molecule has 0 bridgehead atoms. The number of hydrogen-bond donors (Lipinski definition) is 2. The van der Waals surface area contributed by atoms with Gasteiger partial charge in [0.2, 0.25) is 5.78 Å². The number of aliphatic hydroxyl groups is 1. The number of fused-ring (bicyclic) bond motifs is 1. The first-order valence-electron chi connectivity index (χ1n) is 10.7. The Labute approximate surface area is 208 Å². The molecule has 7 nitrogen and oxygen atoms in total. The van der Waals surface area contributed by atoms with Gasteiger partial charge in [0.15, 0.2) is 11.5 Å². The van der Waals surface area contributed by atoms with E-state index in [4.69, 9.17) is 9.52 Å². The molecular weight excluding hydrogens is 514 g/mol. The summed E-state index contributed by atoms with van der Waals surface area (Å²) in [6.07, 6.45) is -0.161. The predicted octanol–water partition coefficient (Wildman–Crippen LogP) is 5.61. The van der Waals surface area contributed by atoms with Crippen LogP contribution >= 0.6 is 15.9 Å². The number of Topliss-reactive ketones (excluding diaryl/α,β-unsaturated/α-hetero) is 1. The molecule has 0 saturated carbocycles. The highest BCUT2D eigenvalue weighted by Gasteiger charge is 2.45. The van der Waals surface area contributed by atoms with Crippen molar-refractivity contribution >= 4 is 50.2 Å². The monoisotopic (exact) mass is 531 g/mol. The molecule has 0 saturated heterocycles. The summed E-state index contributed by atoms with van der Waals surface area (Å²) < 4.78 is 6.58. The number of rotatable bonds is 6. The van der Waals surface area contributed by atoms with Crippen molar-refractivity contribution in [2.75, 3.05) is 4.90 Å². The number of ketones is 1. The number of anilines is 1. The van der Waals surface area contributed by atoms with Gasteiger partial charge in [-0.1, -0.05) is 58.4 Å². The van der Waals surface area contributed by atoms with Crippen LogP contribution < -0.4 is 4.90 Å². The van der Waals surface area contributed by atoms with Crippen molar-refractivity contribution in [3.8, 4) is 0 Å². The maximum Gasteiger partial charge on any atom is 0.307 e. The number of aliphatic carboxylic acids is 1. The van der Waals surface area contributed by atoms with Crippen LogP contribution in [0.15, 0.2) is 99.1 Å². The lowest BCUT2D eigenvalue weighted by atomic mass is 9.94. The van der Waals surface area contributed by atoms with Crippen molar-refractivity contribution in [1.82, 2.24) is 0 Å². The van der Waals surface area contributed by atoms with E-state index >= 15 is 0 Å². The number of carboxylic acids is 1. The largest absolute Gasteiger partial charge is 0.503 e. The number of hydrogen-bond acceptors (Lipinski definition) is 5. The van der Waals surface area contributed by atoms with E-state index in [9.17, 15) is 19.5 Å². The zero-order chi connectivity index (χ0) is 24.7. The first-order valence-corrected chi connectivity index (χ1v) is 11.5. The molecule has 0 radical (unpaired) electrons. The average molecular weight is 532 g/mol. The number of benzene rings is 3. The van der Waals surface area contributed by atoms with Crippen LogP contribution in [0.2, 0.25) is 0 Å². The number of amides is 1. The van der Waals surface area contributed by atoms with Crippen LogP contribution in [0.3, 0.4) is 0 Å². The van der Waals surface area contributed by atoms with E-state index in [1.807, 2.05) is 12.1 Å². The molecule has 0 fully saturated rings. The van der Waals surface area contributed by atoms with E-state index in [1.54, 1.807) is 66.7 Å². The van der Waals surface area contributed by atoms with Gasteiger partial charge in [-0.05, 0) is 47.5 Å². The Hall–Kier alpha value is -4.17. The molecule has 1 amide bonds. The van der Waals surface area contributed by atoms with Gasteiger partial charge in [0, 0.05) is 15.5 Å². The summed E-state index contributed by atoms with van der Waals surface area (Å²) in [6, 6.07) is 21.3. The Morgan fingerprint density at radius 1 is 0.971 bits per heavy atom. The fraction of sp³-hybridized carbons (Fsp3) is 0.0741. The third-order valence-electron chi connectivity index (χ3n) is 5.84. The number of carboxylic acid groups (broad SMARTS) is 1. The number of nitrogens with zero attached hydrogens (tertiary/aromatic N) is 1. The Bertz CT molecular complexity index is 1500. The van der Waals surface area contributed by atoms with Crippen LogP contribution in [0.5, 0.6) is 0 Å². The molecule has 4 aromatic rings. The van der Waals surface area contributed by atoms with Gasteiger partial charge in [0.25, 0.3) is 5.91 Å². The molecule has 1 atom stereocenters. The summed E-state index contributed by atoms with van der Waals surface area (Å²) in [6.45, 7) is 0. The van der Waals surface area contributed by atoms with Crippen molar-refractivity contribution < 1.29 is 29.0 Å². The Morgan fingerprint density at radius 3 is 2.37 bits per heavy atom. The zero-order valence-electron chi connectivity index (χ0n) is 18.1. The molecule has 0 spiro atoms. The van der Waals surface area contributed by atoms with E-state index < -0.39 is 29.5 Å². The van der Waals surface area contributed by atoms with Crippen molar-refractivity contribution in [3.05, 3.63) is 112 Å². The van der Waals surface area contributed by atoms with E-state index in [0.29, 0.717) is 27.8 Å². The fourth-order valence-electron chi connectivity index (χ4n) is 4.26. The molecule has 2 N–H and O–H groups in total. The number of carbonyl (C=O) groups is 3. The third kappa shape index (κ3) is 4.13. The lowest BCUT2D eigenvalue weighted by molar-refractivity contribution is -0.136. The highest BCUT2D eigenvalue weighted by atomic mass is 79.9. The number of halogens is 1. The highest BCUT2D eigenvalue weighted by molar-refractivity contribution is 9.10. The average Bonchev–Trinajstić information content (AvgIpc) is 3.38. The van der Waals surface area contributed by atoms with E-state index in [1.165, 1.54) is 4.90 Å². The minimum Gasteiger partial charge on any atom is -0.503 e.